The van der Waals surface area contributed by atoms with Crippen LogP contribution in [0.3, 0.4) is 0 Å². The van der Waals surface area contributed by atoms with Crippen molar-refractivity contribution < 1.29 is 9.18 Å². The van der Waals surface area contributed by atoms with Crippen molar-refractivity contribution in [2.75, 3.05) is 18.4 Å². The van der Waals surface area contributed by atoms with Gasteiger partial charge >= 0.3 is 0 Å². The molecule has 1 fully saturated rings. The molecule has 2 aromatic rings. The first-order chi connectivity index (χ1) is 10.6. The van der Waals surface area contributed by atoms with Gasteiger partial charge in [-0.05, 0) is 56.5 Å². The van der Waals surface area contributed by atoms with E-state index in [2.05, 4.69) is 15.6 Å². The average molecular weight is 356 g/mol. The number of nitrogens with zero attached hydrogens (tertiary/aromatic N) is 1. The van der Waals surface area contributed by atoms with Gasteiger partial charge in [0, 0.05) is 10.4 Å². The van der Waals surface area contributed by atoms with E-state index in [4.69, 9.17) is 0 Å². The molecule has 1 heterocycles. The summed E-state index contributed by atoms with van der Waals surface area (Å²) in [4.78, 5) is 17.3. The Bertz CT molecular complexity index is 670. The second kappa shape index (κ2) is 7.86. The van der Waals surface area contributed by atoms with Crippen LogP contribution in [0.2, 0.25) is 0 Å². The fourth-order valence-electron chi connectivity index (χ4n) is 2.20. The molecule has 1 aromatic carbocycles. The number of nitrogens with one attached hydrogen (secondary N) is 2. The van der Waals surface area contributed by atoms with Crippen LogP contribution >= 0.6 is 23.7 Å². The van der Waals surface area contributed by atoms with E-state index in [9.17, 15) is 9.18 Å². The Morgan fingerprint density at radius 3 is 2.70 bits per heavy atom. The molecular formula is C16H19ClFN3OS. The maximum absolute atomic E-state index is 13.0. The van der Waals surface area contributed by atoms with Crippen molar-refractivity contribution in [3.05, 3.63) is 35.0 Å². The number of halogens is 2. The summed E-state index contributed by atoms with van der Waals surface area (Å²) in [6.07, 6.45) is 2.53. The highest BCUT2D eigenvalue weighted by Gasteiger charge is 2.20. The number of hydrogen-bond acceptors (Lipinski definition) is 4. The number of rotatable bonds is 6. The van der Waals surface area contributed by atoms with Gasteiger partial charge in [0.1, 0.15) is 5.82 Å². The van der Waals surface area contributed by atoms with Crippen LogP contribution in [0.5, 0.6) is 0 Å². The molecule has 1 saturated carbocycles. The van der Waals surface area contributed by atoms with Crippen molar-refractivity contribution in [1.29, 1.82) is 0 Å². The molecule has 4 nitrogen and oxygen atoms in total. The van der Waals surface area contributed by atoms with Crippen LogP contribution < -0.4 is 10.6 Å². The van der Waals surface area contributed by atoms with Crippen molar-refractivity contribution >= 4 is 34.8 Å². The third kappa shape index (κ3) is 4.99. The van der Waals surface area contributed by atoms with Gasteiger partial charge in [0.15, 0.2) is 5.13 Å². The second-order valence-electron chi connectivity index (χ2n) is 5.55. The quantitative estimate of drug-likeness (QED) is 0.832. The smallest absolute Gasteiger partial charge is 0.240 e. The molecule has 2 N–H and O–H groups in total. The fraction of sp³-hybridized carbons (Fsp3) is 0.375. The molecule has 1 aliphatic rings. The Kier molecular flexibility index (Phi) is 6.10. The van der Waals surface area contributed by atoms with E-state index in [1.165, 1.54) is 36.3 Å². The Morgan fingerprint density at radius 1 is 1.35 bits per heavy atom. The minimum absolute atomic E-state index is 0. The highest BCUT2D eigenvalue weighted by molar-refractivity contribution is 7.16. The number of amides is 1. The minimum Gasteiger partial charge on any atom is -0.308 e. The topological polar surface area (TPSA) is 54.0 Å². The van der Waals surface area contributed by atoms with Crippen molar-refractivity contribution in [2.24, 2.45) is 5.92 Å². The van der Waals surface area contributed by atoms with Crippen molar-refractivity contribution in [3.63, 3.8) is 0 Å². The van der Waals surface area contributed by atoms with E-state index < -0.39 is 0 Å². The molecule has 124 valence electrons. The van der Waals surface area contributed by atoms with Crippen LogP contribution in [-0.2, 0) is 4.79 Å². The standard InChI is InChI=1S/C16H18FN3OS.ClH/c1-10-15(12-4-6-13(17)7-5-12)20-16(22-10)19-14(21)9-18-8-11-2-3-11;/h4-7,11,18H,2-3,8-9H2,1H3,(H,19,20,21);1H. The number of carbonyl (C=O) groups is 1. The van der Waals surface area contributed by atoms with E-state index in [1.807, 2.05) is 6.92 Å². The zero-order valence-corrected chi connectivity index (χ0v) is 14.4. The van der Waals surface area contributed by atoms with E-state index >= 15 is 0 Å². The van der Waals surface area contributed by atoms with Crippen molar-refractivity contribution in [1.82, 2.24) is 10.3 Å². The molecule has 7 heteroatoms. The largest absolute Gasteiger partial charge is 0.308 e. The first-order valence-electron chi connectivity index (χ1n) is 7.36. The lowest BCUT2D eigenvalue weighted by atomic mass is 10.1. The Hall–Kier alpha value is -1.50. The van der Waals surface area contributed by atoms with Gasteiger partial charge in [0.2, 0.25) is 5.91 Å². The third-order valence-corrected chi connectivity index (χ3v) is 4.46. The van der Waals surface area contributed by atoms with Gasteiger partial charge in [-0.3, -0.25) is 4.79 Å². The molecule has 3 rings (SSSR count). The van der Waals surface area contributed by atoms with Crippen molar-refractivity contribution in [2.45, 2.75) is 19.8 Å². The van der Waals surface area contributed by atoms with Crippen LogP contribution in [-0.4, -0.2) is 24.0 Å². The number of hydrogen-bond donors (Lipinski definition) is 2. The number of carbonyl (C=O) groups excluding carboxylic acids is 1. The lowest BCUT2D eigenvalue weighted by Gasteiger charge is -2.03. The summed E-state index contributed by atoms with van der Waals surface area (Å²) in [7, 11) is 0. The first kappa shape index (κ1) is 17.8. The molecule has 0 atom stereocenters. The lowest BCUT2D eigenvalue weighted by molar-refractivity contribution is -0.115. The zero-order chi connectivity index (χ0) is 15.5. The monoisotopic (exact) mass is 355 g/mol. The van der Waals surface area contributed by atoms with E-state index in [0.717, 1.165) is 28.6 Å². The Morgan fingerprint density at radius 2 is 2.04 bits per heavy atom. The summed E-state index contributed by atoms with van der Waals surface area (Å²) in [5.74, 6) is 0.395. The molecule has 1 amide bonds. The van der Waals surface area contributed by atoms with E-state index in [0.29, 0.717) is 11.7 Å². The molecule has 0 bridgehead atoms. The number of aryl methyl sites for hydroxylation is 1. The number of thiazole rings is 1. The lowest BCUT2D eigenvalue weighted by Crippen LogP contribution is -2.29. The predicted octanol–water partition coefficient (Wildman–Crippen LogP) is 3.62. The zero-order valence-electron chi connectivity index (χ0n) is 12.8. The molecule has 0 unspecified atom stereocenters. The second-order valence-corrected chi connectivity index (χ2v) is 6.76. The molecule has 0 spiro atoms. The van der Waals surface area contributed by atoms with Gasteiger partial charge in [0.25, 0.3) is 0 Å². The summed E-state index contributed by atoms with van der Waals surface area (Å²) in [5, 5.41) is 6.54. The summed E-state index contributed by atoms with van der Waals surface area (Å²) < 4.78 is 13.0. The highest BCUT2D eigenvalue weighted by atomic mass is 35.5. The summed E-state index contributed by atoms with van der Waals surface area (Å²) in [6, 6.07) is 6.21. The molecule has 0 radical (unpaired) electrons. The van der Waals surface area contributed by atoms with Crippen LogP contribution in [0.1, 0.15) is 17.7 Å². The summed E-state index contributed by atoms with van der Waals surface area (Å²) in [6.45, 7) is 3.16. The van der Waals surface area contributed by atoms with Gasteiger partial charge in [0.05, 0.1) is 12.2 Å². The Labute approximate surface area is 144 Å². The average Bonchev–Trinajstić information content (AvgIpc) is 3.23. The number of benzene rings is 1. The van der Waals surface area contributed by atoms with E-state index in [1.54, 1.807) is 12.1 Å². The fourth-order valence-corrected chi connectivity index (χ4v) is 3.05. The maximum atomic E-state index is 13.0. The number of anilines is 1. The third-order valence-electron chi connectivity index (χ3n) is 3.58. The Balaban J connectivity index is 0.00000192. The summed E-state index contributed by atoms with van der Waals surface area (Å²) >= 11 is 1.43. The highest BCUT2D eigenvalue weighted by Crippen LogP contribution is 2.30. The van der Waals surface area contributed by atoms with Gasteiger partial charge in [-0.1, -0.05) is 0 Å². The van der Waals surface area contributed by atoms with Crippen LogP contribution in [0.15, 0.2) is 24.3 Å². The van der Waals surface area contributed by atoms with Gasteiger partial charge in [-0.15, -0.1) is 23.7 Å². The first-order valence-corrected chi connectivity index (χ1v) is 8.17. The van der Waals surface area contributed by atoms with Crippen LogP contribution in [0.25, 0.3) is 11.3 Å². The predicted molar refractivity (Wildman–Crippen MR) is 93.7 cm³/mol. The molecule has 1 aliphatic carbocycles. The normalized spacial score (nSPS) is 13.5. The van der Waals surface area contributed by atoms with Gasteiger partial charge in [-0.2, -0.15) is 0 Å². The molecule has 23 heavy (non-hydrogen) atoms. The number of aromatic nitrogens is 1. The molecule has 0 aliphatic heterocycles. The SMILES string of the molecule is Cc1sc(NC(=O)CNCC2CC2)nc1-c1ccc(F)cc1.Cl. The van der Waals surface area contributed by atoms with Gasteiger partial charge < -0.3 is 10.6 Å². The maximum Gasteiger partial charge on any atom is 0.240 e. The molecule has 1 aromatic heterocycles. The van der Waals surface area contributed by atoms with Crippen LogP contribution in [0, 0.1) is 18.7 Å². The molecular weight excluding hydrogens is 337 g/mol. The van der Waals surface area contributed by atoms with Gasteiger partial charge in [-0.25, -0.2) is 9.37 Å². The van der Waals surface area contributed by atoms with Crippen LogP contribution in [0.4, 0.5) is 9.52 Å². The minimum atomic E-state index is -0.271. The van der Waals surface area contributed by atoms with E-state index in [-0.39, 0.29) is 24.1 Å². The summed E-state index contributed by atoms with van der Waals surface area (Å²) in [5.41, 5.74) is 1.63. The van der Waals surface area contributed by atoms with Crippen molar-refractivity contribution in [3.8, 4) is 11.3 Å². The molecule has 0 saturated heterocycles.